The number of methoxy groups -OCH3 is 1. The van der Waals surface area contributed by atoms with Gasteiger partial charge >= 0.3 is 0 Å². The Hall–Kier alpha value is -3.69. The van der Waals surface area contributed by atoms with Crippen molar-refractivity contribution in [1.82, 2.24) is 0 Å². The van der Waals surface area contributed by atoms with Crippen molar-refractivity contribution in [3.8, 4) is 16.9 Å². The SMILES string of the molecule is C=C(c1ccccc1-c1ccccc1C(=O)C(C)C)c1c(OCOC)ccc2ccccc12. The summed E-state index contributed by atoms with van der Waals surface area (Å²) in [5.74, 6) is 0.746. The molecule has 0 aliphatic carbocycles. The summed E-state index contributed by atoms with van der Waals surface area (Å²) >= 11 is 0. The molecule has 0 fully saturated rings. The van der Waals surface area contributed by atoms with E-state index in [1.165, 1.54) is 0 Å². The van der Waals surface area contributed by atoms with Crippen molar-refractivity contribution < 1.29 is 14.3 Å². The summed E-state index contributed by atoms with van der Waals surface area (Å²) < 4.78 is 11.1. The summed E-state index contributed by atoms with van der Waals surface area (Å²) in [6.45, 7) is 8.51. The molecule has 0 atom stereocenters. The van der Waals surface area contributed by atoms with E-state index in [9.17, 15) is 4.79 Å². The molecule has 3 nitrogen and oxygen atoms in total. The van der Waals surface area contributed by atoms with Crippen LogP contribution in [0.4, 0.5) is 0 Å². The van der Waals surface area contributed by atoms with Gasteiger partial charge in [0.15, 0.2) is 12.6 Å². The number of rotatable bonds is 8. The molecule has 3 heteroatoms. The highest BCUT2D eigenvalue weighted by Crippen LogP contribution is 2.40. The number of carbonyl (C=O) groups is 1. The van der Waals surface area contributed by atoms with Crippen LogP contribution in [0, 0.1) is 5.92 Å². The van der Waals surface area contributed by atoms with E-state index in [-0.39, 0.29) is 18.5 Å². The lowest BCUT2D eigenvalue weighted by Crippen LogP contribution is -2.09. The van der Waals surface area contributed by atoms with Gasteiger partial charge in [-0.1, -0.05) is 99.3 Å². The minimum atomic E-state index is -0.0892. The Labute approximate surface area is 195 Å². The van der Waals surface area contributed by atoms with E-state index in [0.29, 0.717) is 5.75 Å². The normalized spacial score (nSPS) is 11.0. The van der Waals surface area contributed by atoms with E-state index >= 15 is 0 Å². The largest absolute Gasteiger partial charge is 0.467 e. The van der Waals surface area contributed by atoms with Crippen molar-refractivity contribution in [2.24, 2.45) is 5.92 Å². The van der Waals surface area contributed by atoms with Crippen molar-refractivity contribution in [3.05, 3.63) is 108 Å². The van der Waals surface area contributed by atoms with Gasteiger partial charge in [-0.2, -0.15) is 0 Å². The second-order valence-electron chi connectivity index (χ2n) is 8.30. The predicted molar refractivity (Wildman–Crippen MR) is 136 cm³/mol. The third-order valence-electron chi connectivity index (χ3n) is 5.78. The maximum atomic E-state index is 13.0. The van der Waals surface area contributed by atoms with Crippen LogP contribution in [-0.4, -0.2) is 19.7 Å². The molecule has 4 rings (SSSR count). The fourth-order valence-corrected chi connectivity index (χ4v) is 4.17. The zero-order valence-corrected chi connectivity index (χ0v) is 19.3. The second kappa shape index (κ2) is 9.85. The maximum absolute atomic E-state index is 13.0. The molecular weight excluding hydrogens is 408 g/mol. The van der Waals surface area contributed by atoms with E-state index in [0.717, 1.165) is 44.2 Å². The number of Topliss-reactive ketones (excluding diaryl/α,β-unsaturated/α-hetero) is 1. The van der Waals surface area contributed by atoms with Gasteiger partial charge in [0.1, 0.15) is 5.75 Å². The lowest BCUT2D eigenvalue weighted by molar-refractivity contribution is 0.0510. The first-order valence-electron chi connectivity index (χ1n) is 11.1. The molecule has 166 valence electrons. The van der Waals surface area contributed by atoms with Gasteiger partial charge in [-0.25, -0.2) is 0 Å². The smallest absolute Gasteiger partial charge is 0.188 e. The fourth-order valence-electron chi connectivity index (χ4n) is 4.17. The van der Waals surface area contributed by atoms with Crippen molar-refractivity contribution in [2.75, 3.05) is 13.9 Å². The first kappa shape index (κ1) is 22.5. The average molecular weight is 437 g/mol. The van der Waals surface area contributed by atoms with Crippen molar-refractivity contribution in [2.45, 2.75) is 13.8 Å². The number of carbonyl (C=O) groups excluding carboxylic acids is 1. The quantitative estimate of drug-likeness (QED) is 0.213. The summed E-state index contributed by atoms with van der Waals surface area (Å²) in [5.41, 5.74) is 5.32. The second-order valence-corrected chi connectivity index (χ2v) is 8.30. The van der Waals surface area contributed by atoms with Gasteiger partial charge in [0.2, 0.25) is 0 Å². The van der Waals surface area contributed by atoms with E-state index < -0.39 is 0 Å². The molecule has 0 radical (unpaired) electrons. The van der Waals surface area contributed by atoms with Gasteiger partial charge in [0.25, 0.3) is 0 Å². The molecule has 0 unspecified atom stereocenters. The summed E-state index contributed by atoms with van der Waals surface area (Å²) in [4.78, 5) is 13.0. The van der Waals surface area contributed by atoms with Crippen LogP contribution < -0.4 is 4.74 Å². The highest BCUT2D eigenvalue weighted by Gasteiger charge is 2.20. The van der Waals surface area contributed by atoms with Gasteiger partial charge in [0, 0.05) is 24.2 Å². The Bertz CT molecular complexity index is 1320. The van der Waals surface area contributed by atoms with Crippen LogP contribution in [0.1, 0.15) is 35.3 Å². The molecule has 0 aromatic heterocycles. The molecule has 0 spiro atoms. The van der Waals surface area contributed by atoms with Crippen molar-refractivity contribution in [3.63, 3.8) is 0 Å². The Morgan fingerprint density at radius 3 is 2.12 bits per heavy atom. The Morgan fingerprint density at radius 2 is 1.42 bits per heavy atom. The fraction of sp³-hybridized carbons (Fsp3) is 0.167. The third kappa shape index (κ3) is 4.46. The standard InChI is InChI=1S/C30H28O3/c1-20(2)30(31)27-16-10-9-15-26(27)25-14-8-7-12-23(25)21(3)29-24-13-6-5-11-22(24)17-18-28(29)33-19-32-4/h5-18,20H,3,19H2,1-2,4H3. The molecule has 0 bridgehead atoms. The van der Waals surface area contributed by atoms with Crippen LogP contribution in [-0.2, 0) is 4.74 Å². The number of fused-ring (bicyclic) bond motifs is 1. The van der Waals surface area contributed by atoms with E-state index in [2.05, 4.69) is 24.8 Å². The van der Waals surface area contributed by atoms with Crippen LogP contribution in [0.2, 0.25) is 0 Å². The summed E-state index contributed by atoms with van der Waals surface area (Å²) in [6.07, 6.45) is 0. The highest BCUT2D eigenvalue weighted by atomic mass is 16.7. The number of hydrogen-bond acceptors (Lipinski definition) is 3. The zero-order valence-electron chi connectivity index (χ0n) is 19.3. The van der Waals surface area contributed by atoms with Crippen LogP contribution in [0.3, 0.4) is 0 Å². The molecule has 0 aliphatic rings. The molecule has 0 saturated carbocycles. The van der Waals surface area contributed by atoms with Gasteiger partial charge in [0.05, 0.1) is 0 Å². The van der Waals surface area contributed by atoms with Crippen LogP contribution in [0.5, 0.6) is 5.75 Å². The minimum absolute atomic E-state index is 0.0892. The first-order valence-corrected chi connectivity index (χ1v) is 11.1. The van der Waals surface area contributed by atoms with Crippen molar-refractivity contribution in [1.29, 1.82) is 0 Å². The number of benzene rings is 4. The average Bonchev–Trinajstić information content (AvgIpc) is 2.86. The van der Waals surface area contributed by atoms with Crippen LogP contribution >= 0.6 is 0 Å². The molecule has 4 aromatic carbocycles. The third-order valence-corrected chi connectivity index (χ3v) is 5.78. The summed E-state index contributed by atoms with van der Waals surface area (Å²) in [6, 6.07) is 28.1. The molecule has 4 aromatic rings. The van der Waals surface area contributed by atoms with Gasteiger partial charge in [-0.3, -0.25) is 4.79 Å². The van der Waals surface area contributed by atoms with Gasteiger partial charge in [-0.15, -0.1) is 0 Å². The number of ether oxygens (including phenoxy) is 2. The Kier molecular flexibility index (Phi) is 6.71. The molecule has 33 heavy (non-hydrogen) atoms. The zero-order chi connectivity index (χ0) is 23.4. The molecule has 0 heterocycles. The summed E-state index contributed by atoms with van der Waals surface area (Å²) in [5, 5.41) is 2.16. The molecule has 0 amide bonds. The lowest BCUT2D eigenvalue weighted by Gasteiger charge is -2.19. The molecule has 0 N–H and O–H groups in total. The molecule has 0 aliphatic heterocycles. The van der Waals surface area contributed by atoms with Crippen molar-refractivity contribution >= 4 is 22.1 Å². The van der Waals surface area contributed by atoms with Gasteiger partial charge in [-0.05, 0) is 39.1 Å². The van der Waals surface area contributed by atoms with E-state index in [1.807, 2.05) is 80.6 Å². The van der Waals surface area contributed by atoms with Crippen LogP contribution in [0.15, 0.2) is 91.5 Å². The van der Waals surface area contributed by atoms with Crippen LogP contribution in [0.25, 0.3) is 27.5 Å². The summed E-state index contributed by atoms with van der Waals surface area (Å²) in [7, 11) is 1.60. The number of hydrogen-bond donors (Lipinski definition) is 0. The van der Waals surface area contributed by atoms with Gasteiger partial charge < -0.3 is 9.47 Å². The first-order chi connectivity index (χ1) is 16.0. The lowest BCUT2D eigenvalue weighted by atomic mass is 9.86. The predicted octanol–water partition coefficient (Wildman–Crippen LogP) is 7.39. The van der Waals surface area contributed by atoms with E-state index in [4.69, 9.17) is 9.47 Å². The Morgan fingerprint density at radius 1 is 0.818 bits per heavy atom. The Balaban J connectivity index is 1.92. The molecule has 0 saturated heterocycles. The molecular formula is C30H28O3. The minimum Gasteiger partial charge on any atom is -0.467 e. The van der Waals surface area contributed by atoms with E-state index in [1.54, 1.807) is 7.11 Å². The number of ketones is 1. The maximum Gasteiger partial charge on any atom is 0.188 e. The monoisotopic (exact) mass is 436 g/mol. The topological polar surface area (TPSA) is 35.5 Å². The highest BCUT2D eigenvalue weighted by molar-refractivity contribution is 6.06.